The molecule has 0 atom stereocenters. The van der Waals surface area contributed by atoms with Crippen LogP contribution in [0.1, 0.15) is 39.6 Å². The molecule has 4 aromatic rings. The Labute approximate surface area is 233 Å². The van der Waals surface area contributed by atoms with E-state index in [0.29, 0.717) is 15.6 Å². The van der Waals surface area contributed by atoms with Crippen molar-refractivity contribution in [1.29, 1.82) is 0 Å². The number of aromatic nitrogens is 3. The molecule has 0 fully saturated rings. The zero-order valence-corrected chi connectivity index (χ0v) is 23.9. The van der Waals surface area contributed by atoms with Gasteiger partial charge in [-0.15, -0.1) is 11.3 Å². The zero-order chi connectivity index (χ0) is 28.8. The minimum absolute atomic E-state index is 0.0249. The number of benzene rings is 1. The number of hydrogen-bond donors (Lipinski definition) is 2. The number of nitrogens with zero attached hydrogens (tertiary/aromatic N) is 4. The number of anilines is 1. The molecule has 2 N–H and O–H groups in total. The Balaban J connectivity index is 1.91. The largest absolute Gasteiger partial charge is 0.471 e. The molecule has 39 heavy (non-hydrogen) atoms. The highest BCUT2D eigenvalue weighted by atomic mass is 35.5. The normalized spacial score (nSPS) is 12.4. The summed E-state index contributed by atoms with van der Waals surface area (Å²) in [7, 11) is -4.13. The molecule has 0 aliphatic carbocycles. The monoisotopic (exact) mass is 593 g/mol. The molecule has 0 bridgehead atoms. The van der Waals surface area contributed by atoms with Crippen molar-refractivity contribution in [3.05, 3.63) is 65.2 Å². The summed E-state index contributed by atoms with van der Waals surface area (Å²) in [4.78, 5) is 26.7. The second-order valence-corrected chi connectivity index (χ2v) is 13.0. The number of thiazole rings is 1. The van der Waals surface area contributed by atoms with Crippen molar-refractivity contribution >= 4 is 44.7 Å². The van der Waals surface area contributed by atoms with Gasteiger partial charge in [-0.25, -0.2) is 32.6 Å². The first-order chi connectivity index (χ1) is 18.1. The fourth-order valence-electron chi connectivity index (χ4n) is 4.26. The maximum absolute atomic E-state index is 15.9. The SMILES string of the molecule is CC(C)(C)N(C(=O)O)C(C)(C)c1nc(-c2cccc(NS(=O)(=O)c3ccoc3)c2F)c(-c2ccnc(Cl)n2)s1. The topological polar surface area (TPSA) is 139 Å². The van der Waals surface area contributed by atoms with Crippen LogP contribution in [0.4, 0.5) is 14.9 Å². The fourth-order valence-corrected chi connectivity index (χ4v) is 6.53. The van der Waals surface area contributed by atoms with E-state index in [9.17, 15) is 18.3 Å². The highest BCUT2D eigenvalue weighted by molar-refractivity contribution is 7.92. The molecule has 1 aromatic carbocycles. The van der Waals surface area contributed by atoms with Gasteiger partial charge in [0.15, 0.2) is 5.82 Å². The molecule has 0 spiro atoms. The maximum atomic E-state index is 15.9. The zero-order valence-electron chi connectivity index (χ0n) is 21.6. The summed E-state index contributed by atoms with van der Waals surface area (Å²) in [6.45, 7) is 8.70. The lowest BCUT2D eigenvalue weighted by atomic mass is 9.95. The Morgan fingerprint density at radius 1 is 1.15 bits per heavy atom. The van der Waals surface area contributed by atoms with Crippen LogP contribution in [0.2, 0.25) is 5.28 Å². The molecule has 0 aliphatic rings. The molecule has 206 valence electrons. The molecule has 3 aromatic heterocycles. The summed E-state index contributed by atoms with van der Waals surface area (Å²) in [5.41, 5.74) is -1.80. The lowest BCUT2D eigenvalue weighted by Gasteiger charge is -2.44. The van der Waals surface area contributed by atoms with Crippen LogP contribution in [-0.4, -0.2) is 45.0 Å². The fraction of sp³-hybridized carbons (Fsp3) is 0.280. The average Bonchev–Trinajstić information content (AvgIpc) is 3.50. The Morgan fingerprint density at radius 3 is 2.46 bits per heavy atom. The Hall–Kier alpha value is -3.55. The van der Waals surface area contributed by atoms with Crippen LogP contribution in [-0.2, 0) is 15.6 Å². The highest BCUT2D eigenvalue weighted by Crippen LogP contribution is 2.44. The smallest absolute Gasteiger partial charge is 0.408 e. The number of sulfonamides is 1. The summed E-state index contributed by atoms with van der Waals surface area (Å²) < 4.78 is 48.4. The Bertz CT molecular complexity index is 1630. The minimum Gasteiger partial charge on any atom is -0.471 e. The molecule has 0 unspecified atom stereocenters. The Kier molecular flexibility index (Phi) is 7.45. The summed E-state index contributed by atoms with van der Waals surface area (Å²) in [5, 5.41) is 10.4. The van der Waals surface area contributed by atoms with Crippen LogP contribution in [0.5, 0.6) is 0 Å². The van der Waals surface area contributed by atoms with E-state index in [1.54, 1.807) is 40.7 Å². The molecule has 1 amide bonds. The number of nitrogens with one attached hydrogen (secondary N) is 1. The molecule has 10 nitrogen and oxygen atoms in total. The number of amides is 1. The highest BCUT2D eigenvalue weighted by Gasteiger charge is 2.43. The summed E-state index contributed by atoms with van der Waals surface area (Å²) in [6.07, 6.45) is 2.50. The number of carboxylic acid groups (broad SMARTS) is 1. The van der Waals surface area contributed by atoms with Gasteiger partial charge in [0.25, 0.3) is 10.0 Å². The minimum atomic E-state index is -4.13. The maximum Gasteiger partial charge on any atom is 0.408 e. The van der Waals surface area contributed by atoms with E-state index in [0.717, 1.165) is 17.6 Å². The predicted molar refractivity (Wildman–Crippen MR) is 146 cm³/mol. The van der Waals surface area contributed by atoms with Gasteiger partial charge < -0.3 is 9.52 Å². The van der Waals surface area contributed by atoms with Crippen LogP contribution < -0.4 is 4.72 Å². The standard InChI is InChI=1S/C25H25ClFN5O5S2/c1-24(2,3)32(23(33)34)25(4,5)21-30-19(20(38-21)17-9-11-28-22(26)29-17)15-7-6-8-16(18(15)27)31-39(35,36)14-10-12-37-13-14/h6-13,31H,1-5H3,(H,33,34). The molecule has 0 saturated carbocycles. The van der Waals surface area contributed by atoms with Crippen LogP contribution in [0, 0.1) is 5.82 Å². The number of hydrogen-bond acceptors (Lipinski definition) is 8. The van der Waals surface area contributed by atoms with Gasteiger partial charge in [0.05, 0.1) is 33.8 Å². The molecule has 0 saturated heterocycles. The van der Waals surface area contributed by atoms with E-state index in [2.05, 4.69) is 14.7 Å². The lowest BCUT2D eigenvalue weighted by molar-refractivity contribution is 0.0313. The second kappa shape index (κ2) is 10.2. The number of halogens is 2. The van der Waals surface area contributed by atoms with Gasteiger partial charge in [-0.1, -0.05) is 6.07 Å². The van der Waals surface area contributed by atoms with Crippen molar-refractivity contribution in [1.82, 2.24) is 19.9 Å². The van der Waals surface area contributed by atoms with Gasteiger partial charge in [-0.2, -0.15) is 0 Å². The molecular weight excluding hydrogens is 569 g/mol. The summed E-state index contributed by atoms with van der Waals surface area (Å²) in [5.74, 6) is -0.883. The van der Waals surface area contributed by atoms with Crippen molar-refractivity contribution in [2.45, 2.75) is 50.6 Å². The molecular formula is C25H25ClFN5O5S2. The third-order valence-electron chi connectivity index (χ3n) is 5.73. The molecule has 0 aliphatic heterocycles. The third kappa shape index (κ3) is 5.60. The molecule has 4 rings (SSSR count). The van der Waals surface area contributed by atoms with Gasteiger partial charge in [0, 0.05) is 17.3 Å². The van der Waals surface area contributed by atoms with Crippen LogP contribution in [0.3, 0.4) is 0 Å². The molecule has 14 heteroatoms. The molecule has 3 heterocycles. The van der Waals surface area contributed by atoms with E-state index in [-0.39, 0.29) is 27.1 Å². The van der Waals surface area contributed by atoms with Crippen molar-refractivity contribution < 1.29 is 27.1 Å². The molecule has 0 radical (unpaired) electrons. The van der Waals surface area contributed by atoms with E-state index >= 15 is 4.39 Å². The van der Waals surface area contributed by atoms with Crippen molar-refractivity contribution in [2.24, 2.45) is 0 Å². The van der Waals surface area contributed by atoms with Gasteiger partial charge in [0.1, 0.15) is 16.2 Å². The third-order valence-corrected chi connectivity index (χ3v) is 8.65. The van der Waals surface area contributed by atoms with Crippen LogP contribution >= 0.6 is 22.9 Å². The quantitative estimate of drug-likeness (QED) is 0.233. The predicted octanol–water partition coefficient (Wildman–Crippen LogP) is 6.47. The summed E-state index contributed by atoms with van der Waals surface area (Å²) in [6, 6.07) is 7.01. The van der Waals surface area contributed by atoms with Gasteiger partial charge in [-0.05, 0) is 70.5 Å². The Morgan fingerprint density at radius 2 is 1.87 bits per heavy atom. The van der Waals surface area contributed by atoms with Crippen LogP contribution in [0.15, 0.2) is 58.4 Å². The first-order valence-electron chi connectivity index (χ1n) is 11.5. The summed E-state index contributed by atoms with van der Waals surface area (Å²) >= 11 is 7.17. The van der Waals surface area contributed by atoms with E-state index in [1.807, 2.05) is 0 Å². The lowest BCUT2D eigenvalue weighted by Crippen LogP contribution is -2.54. The number of rotatable bonds is 7. The van der Waals surface area contributed by atoms with Gasteiger partial charge >= 0.3 is 6.09 Å². The first-order valence-corrected chi connectivity index (χ1v) is 14.2. The van der Waals surface area contributed by atoms with Crippen molar-refractivity contribution in [2.75, 3.05) is 4.72 Å². The average molecular weight is 594 g/mol. The van der Waals surface area contributed by atoms with E-state index in [4.69, 9.17) is 21.0 Å². The van der Waals surface area contributed by atoms with Crippen LogP contribution in [0.25, 0.3) is 21.8 Å². The van der Waals surface area contributed by atoms with Gasteiger partial charge in [-0.3, -0.25) is 9.62 Å². The second-order valence-electron chi connectivity index (χ2n) is 9.99. The van der Waals surface area contributed by atoms with Gasteiger partial charge in [0.2, 0.25) is 5.28 Å². The van der Waals surface area contributed by atoms with E-state index < -0.39 is 33.0 Å². The number of carbonyl (C=O) groups is 1. The van der Waals surface area contributed by atoms with E-state index in [1.165, 1.54) is 41.6 Å². The van der Waals surface area contributed by atoms with Crippen molar-refractivity contribution in [3.63, 3.8) is 0 Å². The first kappa shape index (κ1) is 28.5. The number of furan rings is 1. The van der Waals surface area contributed by atoms with Crippen molar-refractivity contribution in [3.8, 4) is 21.8 Å².